The average molecular weight is 599 g/mol. The SMILES string of the molecule is Cc1cc[n+]([O-])c(C)c1C(=O)N1CCC(C)(N2CCC(C(Oc3ccccn3)c3ccc(OC(F)(F)F)cc3)CC2)CC1. The number of piperidine rings is 2. The summed E-state index contributed by atoms with van der Waals surface area (Å²) in [5, 5.41) is 12.1. The Morgan fingerprint density at radius 2 is 1.72 bits per heavy atom. The monoisotopic (exact) mass is 598 g/mol. The van der Waals surface area contributed by atoms with E-state index in [9.17, 15) is 23.2 Å². The Bertz CT molecular complexity index is 1400. The molecule has 1 amide bonds. The molecule has 2 aliphatic rings. The summed E-state index contributed by atoms with van der Waals surface area (Å²) in [6, 6.07) is 13.0. The van der Waals surface area contributed by atoms with Crippen molar-refractivity contribution >= 4 is 5.91 Å². The Morgan fingerprint density at radius 3 is 2.33 bits per heavy atom. The van der Waals surface area contributed by atoms with Crippen molar-refractivity contribution in [2.75, 3.05) is 26.2 Å². The second kappa shape index (κ2) is 12.4. The second-order valence-electron chi connectivity index (χ2n) is 11.7. The summed E-state index contributed by atoms with van der Waals surface area (Å²) >= 11 is 0. The van der Waals surface area contributed by atoms with E-state index in [0.29, 0.717) is 30.2 Å². The van der Waals surface area contributed by atoms with Crippen molar-refractivity contribution in [2.45, 2.75) is 64.5 Å². The van der Waals surface area contributed by atoms with E-state index >= 15 is 0 Å². The molecule has 0 saturated carbocycles. The summed E-state index contributed by atoms with van der Waals surface area (Å²) < 4.78 is 49.2. The lowest BCUT2D eigenvalue weighted by Gasteiger charge is -2.49. The van der Waals surface area contributed by atoms with E-state index in [2.05, 4.69) is 21.5 Å². The van der Waals surface area contributed by atoms with Crippen LogP contribution < -0.4 is 14.2 Å². The molecule has 0 N–H and O–H groups in total. The first kappa shape index (κ1) is 30.6. The van der Waals surface area contributed by atoms with Crippen LogP contribution >= 0.6 is 0 Å². The predicted octanol–water partition coefficient (Wildman–Crippen LogP) is 5.76. The number of nitrogens with zero attached hydrogens (tertiary/aromatic N) is 4. The van der Waals surface area contributed by atoms with Gasteiger partial charge in [-0.3, -0.25) is 9.69 Å². The number of rotatable bonds is 7. The third-order valence-corrected chi connectivity index (χ3v) is 8.95. The Hall–Kier alpha value is -3.86. The number of ether oxygens (including phenoxy) is 2. The molecule has 0 spiro atoms. The fourth-order valence-electron chi connectivity index (χ4n) is 6.34. The number of pyridine rings is 2. The van der Waals surface area contributed by atoms with Gasteiger partial charge < -0.3 is 19.6 Å². The second-order valence-corrected chi connectivity index (χ2v) is 11.7. The van der Waals surface area contributed by atoms with Crippen LogP contribution in [0.15, 0.2) is 60.9 Å². The third kappa shape index (κ3) is 7.04. The van der Waals surface area contributed by atoms with E-state index in [1.165, 1.54) is 18.3 Å². The van der Waals surface area contributed by atoms with Gasteiger partial charge in [0.05, 0.1) is 0 Å². The van der Waals surface area contributed by atoms with Crippen molar-refractivity contribution in [3.05, 3.63) is 88.5 Å². The van der Waals surface area contributed by atoms with Crippen LogP contribution in [0.4, 0.5) is 13.2 Å². The number of carbonyl (C=O) groups is 1. The number of benzene rings is 1. The largest absolute Gasteiger partial charge is 0.618 e. The smallest absolute Gasteiger partial charge is 0.573 e. The number of carbonyl (C=O) groups excluding carboxylic acids is 1. The number of halogens is 3. The van der Waals surface area contributed by atoms with Crippen LogP contribution in [0.3, 0.4) is 0 Å². The molecule has 5 rings (SSSR count). The quantitative estimate of drug-likeness (QED) is 0.254. The minimum atomic E-state index is -4.75. The highest BCUT2D eigenvalue weighted by Crippen LogP contribution is 2.39. The lowest BCUT2D eigenvalue weighted by molar-refractivity contribution is -0.612. The van der Waals surface area contributed by atoms with Crippen LogP contribution in [0.1, 0.15) is 65.9 Å². The Labute approximate surface area is 249 Å². The fraction of sp³-hybridized carbons (Fsp3) is 0.469. The maximum atomic E-state index is 13.4. The van der Waals surface area contributed by atoms with Crippen molar-refractivity contribution in [1.82, 2.24) is 14.8 Å². The standard InChI is InChI=1S/C32H37F3N4O4/c1-22-11-19-39(41)23(2)28(22)30(40)37-20-14-31(3,15-21-37)38-17-12-25(13-18-38)29(42-27-6-4-5-16-36-27)24-7-9-26(10-8-24)43-32(33,34)35/h4-11,16,19,25,29H,12-15,17-18,20-21H2,1-3H3. The van der Waals surface area contributed by atoms with Crippen molar-refractivity contribution in [1.29, 1.82) is 0 Å². The van der Waals surface area contributed by atoms with Gasteiger partial charge in [0.2, 0.25) is 11.6 Å². The van der Waals surface area contributed by atoms with Crippen molar-refractivity contribution in [3.8, 4) is 11.6 Å². The highest BCUT2D eigenvalue weighted by molar-refractivity contribution is 5.96. The zero-order valence-electron chi connectivity index (χ0n) is 24.6. The average Bonchev–Trinajstić information content (AvgIpc) is 2.99. The molecule has 1 atom stereocenters. The zero-order valence-corrected chi connectivity index (χ0v) is 24.6. The van der Waals surface area contributed by atoms with Crippen molar-refractivity contribution < 1.29 is 32.2 Å². The van der Waals surface area contributed by atoms with Crippen LogP contribution in [-0.2, 0) is 0 Å². The molecule has 2 saturated heterocycles. The number of hydrogen-bond donors (Lipinski definition) is 0. The van der Waals surface area contributed by atoms with E-state index in [-0.39, 0.29) is 29.2 Å². The molecule has 1 aromatic carbocycles. The van der Waals surface area contributed by atoms with Crippen LogP contribution in [0, 0.1) is 25.0 Å². The molecule has 2 aromatic heterocycles. The zero-order chi connectivity index (χ0) is 30.8. The van der Waals surface area contributed by atoms with E-state index in [1.807, 2.05) is 17.9 Å². The minimum absolute atomic E-state index is 0.0745. The van der Waals surface area contributed by atoms with Gasteiger partial charge >= 0.3 is 6.36 Å². The summed E-state index contributed by atoms with van der Waals surface area (Å²) in [5.74, 6) is 0.217. The molecule has 1 unspecified atom stereocenters. The molecule has 11 heteroatoms. The first-order valence-corrected chi connectivity index (χ1v) is 14.6. The van der Waals surface area contributed by atoms with E-state index in [4.69, 9.17) is 4.74 Å². The maximum absolute atomic E-state index is 13.4. The topological polar surface area (TPSA) is 81.8 Å². The van der Waals surface area contributed by atoms with Gasteiger partial charge in [0.25, 0.3) is 5.91 Å². The molecule has 230 valence electrons. The van der Waals surface area contributed by atoms with Crippen molar-refractivity contribution in [3.63, 3.8) is 0 Å². The van der Waals surface area contributed by atoms with E-state index in [1.54, 1.807) is 43.5 Å². The number of aryl methyl sites for hydroxylation is 1. The molecule has 43 heavy (non-hydrogen) atoms. The lowest BCUT2D eigenvalue weighted by Crippen LogP contribution is -2.57. The number of likely N-dealkylation sites (tertiary alicyclic amines) is 2. The molecular formula is C32H37F3N4O4. The normalized spacial score (nSPS) is 18.7. The summed E-state index contributed by atoms with van der Waals surface area (Å²) in [6.45, 7) is 8.67. The van der Waals surface area contributed by atoms with Crippen LogP contribution in [0.5, 0.6) is 11.6 Å². The first-order valence-electron chi connectivity index (χ1n) is 14.6. The molecule has 0 radical (unpaired) electrons. The lowest BCUT2D eigenvalue weighted by atomic mass is 9.82. The maximum Gasteiger partial charge on any atom is 0.573 e. The van der Waals surface area contributed by atoms with Gasteiger partial charge in [-0.25, -0.2) is 4.98 Å². The van der Waals surface area contributed by atoms with Crippen molar-refractivity contribution in [2.24, 2.45) is 5.92 Å². The van der Waals surface area contributed by atoms with Gasteiger partial charge in [0, 0.05) is 49.8 Å². The molecule has 3 aromatic rings. The number of hydrogen-bond acceptors (Lipinski definition) is 6. The molecular weight excluding hydrogens is 561 g/mol. The Balaban J connectivity index is 1.24. The molecule has 4 heterocycles. The van der Waals surface area contributed by atoms with E-state index < -0.39 is 6.36 Å². The van der Waals surface area contributed by atoms with E-state index in [0.717, 1.165) is 54.6 Å². The number of alkyl halides is 3. The van der Waals surface area contributed by atoms with Crippen LogP contribution in [0.2, 0.25) is 0 Å². The third-order valence-electron chi connectivity index (χ3n) is 8.95. The number of aromatic nitrogens is 2. The van der Waals surface area contributed by atoms with Gasteiger partial charge in [-0.05, 0) is 81.9 Å². The fourth-order valence-corrected chi connectivity index (χ4v) is 6.34. The van der Waals surface area contributed by atoms with Crippen LogP contribution in [0.25, 0.3) is 0 Å². The summed E-state index contributed by atoms with van der Waals surface area (Å²) in [4.78, 5) is 22.0. The van der Waals surface area contributed by atoms with Gasteiger partial charge in [-0.15, -0.1) is 13.2 Å². The highest BCUT2D eigenvalue weighted by Gasteiger charge is 2.41. The molecule has 0 bridgehead atoms. The Kier molecular flexibility index (Phi) is 8.82. The summed E-state index contributed by atoms with van der Waals surface area (Å²) in [7, 11) is 0. The van der Waals surface area contributed by atoms with Crippen LogP contribution in [-0.4, -0.2) is 58.8 Å². The summed E-state index contributed by atoms with van der Waals surface area (Å²) in [5.41, 5.74) is 2.40. The summed E-state index contributed by atoms with van der Waals surface area (Å²) in [6.07, 6.45) is 1.25. The molecule has 0 aliphatic carbocycles. The molecule has 8 nitrogen and oxygen atoms in total. The molecule has 2 fully saturated rings. The van der Waals surface area contributed by atoms with Gasteiger partial charge in [-0.2, -0.15) is 4.73 Å². The highest BCUT2D eigenvalue weighted by atomic mass is 19.4. The van der Waals surface area contributed by atoms with Gasteiger partial charge in [0.1, 0.15) is 17.4 Å². The van der Waals surface area contributed by atoms with Gasteiger partial charge in [-0.1, -0.05) is 18.2 Å². The predicted molar refractivity (Wildman–Crippen MR) is 153 cm³/mol. The minimum Gasteiger partial charge on any atom is -0.618 e. The Morgan fingerprint density at radius 1 is 1.05 bits per heavy atom. The number of amides is 1. The molecule has 2 aliphatic heterocycles. The van der Waals surface area contributed by atoms with Gasteiger partial charge in [0.15, 0.2) is 6.20 Å². The first-order chi connectivity index (χ1) is 20.4.